The number of rotatable bonds is 3. The molecule has 4 heteroatoms. The average molecular weight is 311 g/mol. The summed E-state index contributed by atoms with van der Waals surface area (Å²) in [5.41, 5.74) is 7.79. The lowest BCUT2D eigenvalue weighted by Gasteiger charge is -2.48. The first kappa shape index (κ1) is 16.6. The number of hydrogen-bond donors (Lipinski definition) is 1. The molecule has 1 aliphatic heterocycles. The smallest absolute Gasteiger partial charge is 0.0808 e. The Hall–Kier alpha value is -0.770. The van der Waals surface area contributed by atoms with Crippen LogP contribution < -0.4 is 10.6 Å². The van der Waals surface area contributed by atoms with Crippen molar-refractivity contribution >= 4 is 17.3 Å². The van der Waals surface area contributed by atoms with Gasteiger partial charge in [-0.3, -0.25) is 0 Å². The van der Waals surface area contributed by atoms with Crippen molar-refractivity contribution in [1.82, 2.24) is 0 Å². The number of morpholine rings is 1. The van der Waals surface area contributed by atoms with Gasteiger partial charge in [0.2, 0.25) is 0 Å². The van der Waals surface area contributed by atoms with Crippen molar-refractivity contribution in [2.75, 3.05) is 18.0 Å². The zero-order valence-corrected chi connectivity index (χ0v) is 14.5. The van der Waals surface area contributed by atoms with Gasteiger partial charge in [0.05, 0.1) is 11.2 Å². The summed E-state index contributed by atoms with van der Waals surface area (Å²) >= 11 is 6.42. The summed E-state index contributed by atoms with van der Waals surface area (Å²) < 4.78 is 6.13. The highest BCUT2D eigenvalue weighted by Gasteiger charge is 2.38. The first-order valence-corrected chi connectivity index (χ1v) is 7.95. The zero-order valence-electron chi connectivity index (χ0n) is 13.7. The van der Waals surface area contributed by atoms with Gasteiger partial charge in [0.25, 0.3) is 0 Å². The lowest BCUT2D eigenvalue weighted by atomic mass is 9.98. The lowest BCUT2D eigenvalue weighted by molar-refractivity contribution is -0.133. The first-order valence-electron chi connectivity index (χ1n) is 7.57. The molecule has 118 valence electrons. The van der Waals surface area contributed by atoms with Crippen molar-refractivity contribution in [1.29, 1.82) is 0 Å². The predicted molar refractivity (Wildman–Crippen MR) is 90.3 cm³/mol. The number of halogens is 1. The zero-order chi connectivity index (χ0) is 15.8. The summed E-state index contributed by atoms with van der Waals surface area (Å²) in [4.78, 5) is 2.35. The van der Waals surface area contributed by atoms with Gasteiger partial charge in [0.1, 0.15) is 0 Å². The summed E-state index contributed by atoms with van der Waals surface area (Å²) in [6.07, 6.45) is 0.805. The van der Waals surface area contributed by atoms with Crippen molar-refractivity contribution in [3.8, 4) is 0 Å². The van der Waals surface area contributed by atoms with Crippen LogP contribution >= 0.6 is 11.6 Å². The van der Waals surface area contributed by atoms with Crippen LogP contribution in [-0.4, -0.2) is 30.3 Å². The highest BCUT2D eigenvalue weighted by molar-refractivity contribution is 6.31. The summed E-state index contributed by atoms with van der Waals surface area (Å²) in [6, 6.07) is 6.41. The van der Waals surface area contributed by atoms with Crippen LogP contribution in [0.15, 0.2) is 18.2 Å². The van der Waals surface area contributed by atoms with E-state index < -0.39 is 0 Å². The molecule has 1 saturated heterocycles. The number of nitrogens with two attached hydrogens (primary N) is 1. The van der Waals surface area contributed by atoms with Gasteiger partial charge < -0.3 is 15.4 Å². The van der Waals surface area contributed by atoms with E-state index in [-0.39, 0.29) is 17.2 Å². The Morgan fingerprint density at radius 2 is 1.81 bits per heavy atom. The Kier molecular flexibility index (Phi) is 4.57. The van der Waals surface area contributed by atoms with Crippen molar-refractivity contribution in [2.45, 2.75) is 58.3 Å². The lowest BCUT2D eigenvalue weighted by Crippen LogP contribution is -2.57. The van der Waals surface area contributed by atoms with E-state index in [1.54, 1.807) is 0 Å². The summed E-state index contributed by atoms with van der Waals surface area (Å²) in [6.45, 7) is 12.2. The number of anilines is 1. The molecule has 1 fully saturated rings. The van der Waals surface area contributed by atoms with E-state index in [1.807, 2.05) is 6.92 Å². The highest BCUT2D eigenvalue weighted by atomic mass is 35.5. The Bertz CT molecular complexity index is 496. The van der Waals surface area contributed by atoms with Crippen LogP contribution in [0.3, 0.4) is 0 Å². The minimum atomic E-state index is -0.168. The van der Waals surface area contributed by atoms with Gasteiger partial charge >= 0.3 is 0 Å². The Morgan fingerprint density at radius 3 is 2.29 bits per heavy atom. The standard InChI is InChI=1S/C17H27ClN2O/c1-12(19)8-13-6-7-14(9-15(13)18)20-10-16(2,3)21-17(4,5)11-20/h6-7,9,12H,8,10-11,19H2,1-5H3. The average Bonchev–Trinajstić information content (AvgIpc) is 2.27. The molecule has 1 unspecified atom stereocenters. The fraction of sp³-hybridized carbons (Fsp3) is 0.647. The maximum atomic E-state index is 6.42. The molecule has 1 aromatic carbocycles. The van der Waals surface area contributed by atoms with Crippen molar-refractivity contribution in [2.24, 2.45) is 5.73 Å². The number of hydrogen-bond acceptors (Lipinski definition) is 3. The topological polar surface area (TPSA) is 38.5 Å². The van der Waals surface area contributed by atoms with Crippen LogP contribution in [0.4, 0.5) is 5.69 Å². The van der Waals surface area contributed by atoms with Crippen LogP contribution in [0, 0.1) is 0 Å². The Balaban J connectivity index is 2.23. The third kappa shape index (κ3) is 4.35. The van der Waals surface area contributed by atoms with E-state index in [0.717, 1.165) is 35.8 Å². The van der Waals surface area contributed by atoms with Gasteiger partial charge in [-0.05, 0) is 58.7 Å². The monoisotopic (exact) mass is 310 g/mol. The van der Waals surface area contributed by atoms with E-state index in [2.05, 4.69) is 50.8 Å². The molecule has 0 spiro atoms. The maximum Gasteiger partial charge on any atom is 0.0808 e. The SMILES string of the molecule is CC(N)Cc1ccc(N2CC(C)(C)OC(C)(C)C2)cc1Cl. The highest BCUT2D eigenvalue weighted by Crippen LogP contribution is 2.33. The van der Waals surface area contributed by atoms with Crippen LogP contribution in [-0.2, 0) is 11.2 Å². The molecule has 0 aliphatic carbocycles. The van der Waals surface area contributed by atoms with Gasteiger partial charge in [0, 0.05) is 29.8 Å². The molecule has 0 amide bonds. The third-order valence-electron chi connectivity index (χ3n) is 3.64. The summed E-state index contributed by atoms with van der Waals surface area (Å²) in [5, 5.41) is 0.798. The van der Waals surface area contributed by atoms with Gasteiger partial charge in [-0.15, -0.1) is 0 Å². The fourth-order valence-electron chi connectivity index (χ4n) is 3.22. The van der Waals surface area contributed by atoms with Crippen LogP contribution in [0.2, 0.25) is 5.02 Å². The summed E-state index contributed by atoms with van der Waals surface area (Å²) in [5.74, 6) is 0. The van der Waals surface area contributed by atoms with E-state index >= 15 is 0 Å². The molecular formula is C17H27ClN2O. The van der Waals surface area contributed by atoms with Crippen LogP contribution in [0.25, 0.3) is 0 Å². The third-order valence-corrected chi connectivity index (χ3v) is 3.99. The number of nitrogens with zero attached hydrogens (tertiary/aromatic N) is 1. The number of benzene rings is 1. The predicted octanol–water partition coefficient (Wildman–Crippen LogP) is 3.62. The molecule has 0 bridgehead atoms. The minimum absolute atomic E-state index is 0.120. The largest absolute Gasteiger partial charge is 0.366 e. The molecule has 0 saturated carbocycles. The second-order valence-electron chi connectivity index (χ2n) is 7.43. The van der Waals surface area contributed by atoms with Gasteiger partial charge in [-0.25, -0.2) is 0 Å². The Morgan fingerprint density at radius 1 is 1.24 bits per heavy atom. The molecule has 0 radical (unpaired) electrons. The van der Waals surface area contributed by atoms with E-state index in [4.69, 9.17) is 22.1 Å². The molecule has 1 aliphatic rings. The molecule has 1 atom stereocenters. The molecular weight excluding hydrogens is 284 g/mol. The Labute approximate surface area is 133 Å². The normalized spacial score (nSPS) is 22.1. The van der Waals surface area contributed by atoms with Crippen LogP contribution in [0.5, 0.6) is 0 Å². The fourth-order valence-corrected chi connectivity index (χ4v) is 3.47. The quantitative estimate of drug-likeness (QED) is 0.926. The molecule has 21 heavy (non-hydrogen) atoms. The minimum Gasteiger partial charge on any atom is -0.366 e. The van der Waals surface area contributed by atoms with Crippen molar-refractivity contribution in [3.63, 3.8) is 0 Å². The van der Waals surface area contributed by atoms with Crippen LogP contribution in [0.1, 0.15) is 40.2 Å². The second kappa shape index (κ2) is 5.79. The molecule has 1 aromatic rings. The number of ether oxygens (including phenoxy) is 1. The first-order chi connectivity index (χ1) is 9.58. The van der Waals surface area contributed by atoms with E-state index in [9.17, 15) is 0 Å². The van der Waals surface area contributed by atoms with E-state index in [1.165, 1.54) is 0 Å². The molecule has 3 nitrogen and oxygen atoms in total. The molecule has 0 aromatic heterocycles. The maximum absolute atomic E-state index is 6.42. The molecule has 1 heterocycles. The summed E-state index contributed by atoms with van der Waals surface area (Å²) in [7, 11) is 0. The molecule has 2 N–H and O–H groups in total. The second-order valence-corrected chi connectivity index (χ2v) is 7.84. The van der Waals surface area contributed by atoms with Crippen molar-refractivity contribution in [3.05, 3.63) is 28.8 Å². The van der Waals surface area contributed by atoms with Gasteiger partial charge in [-0.2, -0.15) is 0 Å². The molecule has 2 rings (SSSR count). The van der Waals surface area contributed by atoms with Gasteiger partial charge in [0.15, 0.2) is 0 Å². The van der Waals surface area contributed by atoms with Crippen molar-refractivity contribution < 1.29 is 4.74 Å². The van der Waals surface area contributed by atoms with Gasteiger partial charge in [-0.1, -0.05) is 17.7 Å². The van der Waals surface area contributed by atoms with E-state index in [0.29, 0.717) is 0 Å².